The van der Waals surface area contributed by atoms with Crippen molar-refractivity contribution in [3.05, 3.63) is 59.1 Å². The molecular weight excluding hydrogens is 446 g/mol. The van der Waals surface area contributed by atoms with E-state index in [4.69, 9.17) is 14.9 Å². The van der Waals surface area contributed by atoms with Crippen LogP contribution in [-0.2, 0) is 14.8 Å². The largest absolute Gasteiger partial charge is 0.372 e. The summed E-state index contributed by atoms with van der Waals surface area (Å²) >= 11 is 1.31. The van der Waals surface area contributed by atoms with Crippen LogP contribution in [0.3, 0.4) is 0 Å². The molecule has 2 atom stereocenters. The number of sulfonamides is 1. The molecule has 4 rings (SSSR count). The number of nitrogens with two attached hydrogens (primary N) is 1. The number of hydrogen-bond donors (Lipinski definition) is 1. The molecule has 1 aliphatic heterocycles. The van der Waals surface area contributed by atoms with Gasteiger partial charge in [-0.2, -0.15) is 0 Å². The van der Waals surface area contributed by atoms with E-state index in [9.17, 15) is 13.2 Å². The normalized spacial score (nSPS) is 19.2. The third-order valence-electron chi connectivity index (χ3n) is 5.29. The molecule has 1 aromatic heterocycles. The van der Waals surface area contributed by atoms with Gasteiger partial charge in [0.15, 0.2) is 5.01 Å². The Hall–Kier alpha value is -2.59. The number of hydrogen-bond acceptors (Lipinski definition) is 6. The van der Waals surface area contributed by atoms with E-state index in [-0.39, 0.29) is 23.0 Å². The molecule has 2 unspecified atom stereocenters. The Morgan fingerprint density at radius 3 is 2.16 bits per heavy atom. The second-order valence-corrected chi connectivity index (χ2v) is 10.7. The molecular formula is C23H25N3O4S2. The number of morpholine rings is 1. The van der Waals surface area contributed by atoms with E-state index in [0.717, 1.165) is 21.6 Å². The number of carbonyl (C=O) groups excluding carboxylic acids is 1. The third-order valence-corrected chi connectivity index (χ3v) is 7.31. The monoisotopic (exact) mass is 471 g/mol. The summed E-state index contributed by atoms with van der Waals surface area (Å²) in [6.45, 7) is 6.94. The second-order valence-electron chi connectivity index (χ2n) is 8.10. The first-order chi connectivity index (χ1) is 15.1. The van der Waals surface area contributed by atoms with Crippen LogP contribution in [-0.4, -0.2) is 49.5 Å². The minimum Gasteiger partial charge on any atom is -0.372 e. The van der Waals surface area contributed by atoms with Gasteiger partial charge in [-0.1, -0.05) is 42.0 Å². The van der Waals surface area contributed by atoms with Crippen LogP contribution in [0.1, 0.15) is 29.2 Å². The van der Waals surface area contributed by atoms with Gasteiger partial charge in [0.1, 0.15) is 0 Å². The second kappa shape index (κ2) is 8.74. The van der Waals surface area contributed by atoms with E-state index in [1.54, 1.807) is 17.0 Å². The first-order valence-electron chi connectivity index (χ1n) is 10.3. The van der Waals surface area contributed by atoms with Gasteiger partial charge in [-0.15, -0.1) is 11.3 Å². The Bertz CT molecular complexity index is 1230. The summed E-state index contributed by atoms with van der Waals surface area (Å²) < 4.78 is 29.0. The van der Waals surface area contributed by atoms with E-state index >= 15 is 0 Å². The Morgan fingerprint density at radius 2 is 1.59 bits per heavy atom. The number of ether oxygens (including phenoxy) is 1. The van der Waals surface area contributed by atoms with E-state index in [2.05, 4.69) is 0 Å². The zero-order valence-electron chi connectivity index (χ0n) is 18.1. The number of rotatable bonds is 4. The van der Waals surface area contributed by atoms with Crippen LogP contribution in [0.5, 0.6) is 0 Å². The number of carbonyl (C=O) groups is 1. The standard InChI is InChI=1S/C23H25N3O4S2/c1-14-4-6-17(7-5-14)20-21(18-8-10-19(11-9-18)32(24,28)29)31-22(25-20)23(27)26-12-15(2)30-16(3)13-26/h4-11,15-16H,12-13H2,1-3H3,(H2,24,28,29). The lowest BCUT2D eigenvalue weighted by atomic mass is 10.1. The SMILES string of the molecule is Cc1ccc(-c2nc(C(=O)N3CC(C)OC(C)C3)sc2-c2ccc(S(N)(=O)=O)cc2)cc1. The average Bonchev–Trinajstić information content (AvgIpc) is 3.18. The average molecular weight is 472 g/mol. The Morgan fingerprint density at radius 1 is 1.03 bits per heavy atom. The highest BCUT2D eigenvalue weighted by molar-refractivity contribution is 7.89. The molecule has 7 nitrogen and oxygen atoms in total. The number of aromatic nitrogens is 1. The van der Waals surface area contributed by atoms with Crippen LogP contribution >= 0.6 is 11.3 Å². The van der Waals surface area contributed by atoms with Crippen molar-refractivity contribution in [1.29, 1.82) is 0 Å². The lowest BCUT2D eigenvalue weighted by molar-refractivity contribution is -0.0586. The fourth-order valence-corrected chi connectivity index (χ4v) is 5.37. The summed E-state index contributed by atoms with van der Waals surface area (Å²) in [4.78, 5) is 20.6. The first-order valence-corrected chi connectivity index (χ1v) is 12.6. The van der Waals surface area contributed by atoms with Crippen molar-refractivity contribution in [3.63, 3.8) is 0 Å². The quantitative estimate of drug-likeness (QED) is 0.625. The number of primary sulfonamides is 1. The molecule has 3 aromatic rings. The van der Waals surface area contributed by atoms with Crippen molar-refractivity contribution in [2.75, 3.05) is 13.1 Å². The van der Waals surface area contributed by atoms with E-state index in [1.165, 1.54) is 23.5 Å². The van der Waals surface area contributed by atoms with Crippen LogP contribution in [0.15, 0.2) is 53.4 Å². The summed E-state index contributed by atoms with van der Waals surface area (Å²) in [5, 5.41) is 5.63. The highest BCUT2D eigenvalue weighted by Gasteiger charge is 2.29. The first kappa shape index (κ1) is 22.6. The van der Waals surface area contributed by atoms with Crippen molar-refractivity contribution in [2.45, 2.75) is 37.9 Å². The molecule has 9 heteroatoms. The van der Waals surface area contributed by atoms with E-state index in [1.807, 2.05) is 45.0 Å². The van der Waals surface area contributed by atoms with Crippen LogP contribution in [0.2, 0.25) is 0 Å². The van der Waals surface area contributed by atoms with Gasteiger partial charge in [0.2, 0.25) is 10.0 Å². The molecule has 1 amide bonds. The van der Waals surface area contributed by atoms with Gasteiger partial charge in [0, 0.05) is 18.7 Å². The van der Waals surface area contributed by atoms with Gasteiger partial charge < -0.3 is 9.64 Å². The molecule has 0 radical (unpaired) electrons. The summed E-state index contributed by atoms with van der Waals surface area (Å²) in [5.41, 5.74) is 3.47. The van der Waals surface area contributed by atoms with Gasteiger partial charge in [-0.25, -0.2) is 18.5 Å². The summed E-state index contributed by atoms with van der Waals surface area (Å²) in [7, 11) is -3.79. The maximum Gasteiger partial charge on any atom is 0.283 e. The molecule has 2 heterocycles. The zero-order valence-corrected chi connectivity index (χ0v) is 19.7. The van der Waals surface area contributed by atoms with Gasteiger partial charge >= 0.3 is 0 Å². The summed E-state index contributed by atoms with van der Waals surface area (Å²) in [5.74, 6) is -0.127. The van der Waals surface area contributed by atoms with Crippen molar-refractivity contribution < 1.29 is 17.9 Å². The lowest BCUT2D eigenvalue weighted by Crippen LogP contribution is -2.48. The van der Waals surface area contributed by atoms with E-state index < -0.39 is 10.0 Å². The van der Waals surface area contributed by atoms with Gasteiger partial charge in [0.05, 0.1) is 27.7 Å². The van der Waals surface area contributed by atoms with Crippen LogP contribution in [0.4, 0.5) is 0 Å². The topological polar surface area (TPSA) is 103 Å². The number of nitrogens with zero attached hydrogens (tertiary/aromatic N) is 2. The maximum absolute atomic E-state index is 13.3. The molecule has 32 heavy (non-hydrogen) atoms. The molecule has 1 aliphatic rings. The van der Waals surface area contributed by atoms with Crippen molar-refractivity contribution in [1.82, 2.24) is 9.88 Å². The molecule has 1 fully saturated rings. The molecule has 0 aliphatic carbocycles. The smallest absolute Gasteiger partial charge is 0.283 e. The lowest BCUT2D eigenvalue weighted by Gasteiger charge is -2.34. The van der Waals surface area contributed by atoms with E-state index in [0.29, 0.717) is 23.8 Å². The molecule has 0 bridgehead atoms. The minimum atomic E-state index is -3.79. The van der Waals surface area contributed by atoms with Crippen LogP contribution in [0, 0.1) is 6.92 Å². The van der Waals surface area contributed by atoms with Crippen molar-refractivity contribution in [3.8, 4) is 21.7 Å². The zero-order chi connectivity index (χ0) is 23.0. The highest BCUT2D eigenvalue weighted by Crippen LogP contribution is 2.38. The fourth-order valence-electron chi connectivity index (χ4n) is 3.79. The molecule has 0 spiro atoms. The number of benzene rings is 2. The Labute approximate surface area is 191 Å². The molecule has 0 saturated carbocycles. The minimum absolute atomic E-state index is 0.0373. The number of aryl methyl sites for hydroxylation is 1. The van der Waals surface area contributed by atoms with Crippen molar-refractivity contribution >= 4 is 27.3 Å². The Balaban J connectivity index is 1.77. The molecule has 2 aromatic carbocycles. The van der Waals surface area contributed by atoms with Gasteiger partial charge in [-0.3, -0.25) is 4.79 Å². The maximum atomic E-state index is 13.3. The predicted octanol–water partition coefficient (Wildman–Crippen LogP) is 3.68. The van der Waals surface area contributed by atoms with Crippen LogP contribution in [0.25, 0.3) is 21.7 Å². The molecule has 168 valence electrons. The third kappa shape index (κ3) is 4.75. The number of amides is 1. The number of thiazole rings is 1. The molecule has 2 N–H and O–H groups in total. The fraction of sp³-hybridized carbons (Fsp3) is 0.304. The highest BCUT2D eigenvalue weighted by atomic mass is 32.2. The van der Waals surface area contributed by atoms with Gasteiger partial charge in [-0.05, 0) is 38.5 Å². The summed E-state index contributed by atoms with van der Waals surface area (Å²) in [6, 6.07) is 14.3. The van der Waals surface area contributed by atoms with Crippen molar-refractivity contribution in [2.24, 2.45) is 5.14 Å². The summed E-state index contributed by atoms with van der Waals surface area (Å²) in [6.07, 6.45) is -0.0751. The Kier molecular flexibility index (Phi) is 6.17. The van der Waals surface area contributed by atoms with Gasteiger partial charge in [0.25, 0.3) is 5.91 Å². The van der Waals surface area contributed by atoms with Crippen LogP contribution < -0.4 is 5.14 Å². The predicted molar refractivity (Wildman–Crippen MR) is 125 cm³/mol. The molecule has 1 saturated heterocycles.